The third-order valence-electron chi connectivity index (χ3n) is 12.3. The van der Waals surface area contributed by atoms with Crippen LogP contribution in [0.15, 0.2) is 237 Å². The lowest BCUT2D eigenvalue weighted by Gasteiger charge is -2.26. The number of benzene rings is 10. The third-order valence-corrected chi connectivity index (χ3v) is 12.3. The van der Waals surface area contributed by atoms with Crippen LogP contribution in [0.4, 0.5) is 17.1 Å². The molecular weight excluding hydrogens is 739 g/mol. The van der Waals surface area contributed by atoms with Crippen LogP contribution in [0.25, 0.3) is 88.0 Å². The first-order chi connectivity index (χ1) is 30.3. The highest BCUT2D eigenvalue weighted by Gasteiger charge is 2.19. The molecular formula is C58H39N3. The minimum absolute atomic E-state index is 1.08. The van der Waals surface area contributed by atoms with Crippen LogP contribution in [-0.2, 0) is 0 Å². The molecule has 12 aromatic rings. The van der Waals surface area contributed by atoms with Crippen LogP contribution < -0.4 is 4.90 Å². The van der Waals surface area contributed by atoms with Crippen LogP contribution in [0.3, 0.4) is 0 Å². The van der Waals surface area contributed by atoms with Gasteiger partial charge in [-0.05, 0) is 118 Å². The molecule has 286 valence electrons. The lowest BCUT2D eigenvalue weighted by atomic mass is 9.91. The molecule has 0 fully saturated rings. The van der Waals surface area contributed by atoms with E-state index in [0.29, 0.717) is 0 Å². The van der Waals surface area contributed by atoms with Gasteiger partial charge in [0.25, 0.3) is 0 Å². The van der Waals surface area contributed by atoms with E-state index in [0.717, 1.165) is 28.4 Å². The van der Waals surface area contributed by atoms with Gasteiger partial charge in [0.05, 0.1) is 22.1 Å². The highest BCUT2D eigenvalue weighted by Crippen LogP contribution is 2.42. The molecule has 0 unspecified atom stereocenters. The van der Waals surface area contributed by atoms with E-state index in [1.165, 1.54) is 76.6 Å². The average molecular weight is 778 g/mol. The van der Waals surface area contributed by atoms with Crippen LogP contribution in [0.1, 0.15) is 0 Å². The van der Waals surface area contributed by atoms with E-state index in [1.54, 1.807) is 0 Å². The number of para-hydroxylation sites is 4. The number of hydrogen-bond donors (Lipinski definition) is 0. The van der Waals surface area contributed by atoms with Gasteiger partial charge in [0.1, 0.15) is 0 Å². The van der Waals surface area contributed by atoms with Gasteiger partial charge in [-0.1, -0.05) is 152 Å². The lowest BCUT2D eigenvalue weighted by Crippen LogP contribution is -2.10. The first-order valence-electron chi connectivity index (χ1n) is 20.9. The van der Waals surface area contributed by atoms with Gasteiger partial charge in [0, 0.05) is 50.0 Å². The summed E-state index contributed by atoms with van der Waals surface area (Å²) in [7, 11) is 0. The predicted octanol–water partition coefficient (Wildman–Crippen LogP) is 15.8. The molecule has 3 heteroatoms. The van der Waals surface area contributed by atoms with E-state index in [4.69, 9.17) is 0 Å². The summed E-state index contributed by atoms with van der Waals surface area (Å²) in [6, 6.07) is 85.9. The Kier molecular flexibility index (Phi) is 8.17. The highest BCUT2D eigenvalue weighted by molar-refractivity contribution is 6.12. The summed E-state index contributed by atoms with van der Waals surface area (Å²) in [5.41, 5.74) is 15.2. The Morgan fingerprint density at radius 3 is 1.28 bits per heavy atom. The van der Waals surface area contributed by atoms with Crippen LogP contribution in [0, 0.1) is 0 Å². The molecule has 0 radical (unpaired) electrons. The van der Waals surface area contributed by atoms with Crippen molar-refractivity contribution >= 4 is 71.4 Å². The van der Waals surface area contributed by atoms with Crippen molar-refractivity contribution in [2.45, 2.75) is 0 Å². The van der Waals surface area contributed by atoms with Gasteiger partial charge in [0.15, 0.2) is 0 Å². The van der Waals surface area contributed by atoms with Crippen molar-refractivity contribution in [1.29, 1.82) is 0 Å². The molecule has 0 aliphatic carbocycles. The molecule has 0 N–H and O–H groups in total. The van der Waals surface area contributed by atoms with Crippen molar-refractivity contribution < 1.29 is 0 Å². The maximum Gasteiger partial charge on any atom is 0.0542 e. The second-order valence-corrected chi connectivity index (χ2v) is 15.7. The summed E-state index contributed by atoms with van der Waals surface area (Å²) in [5.74, 6) is 0. The average Bonchev–Trinajstić information content (AvgIpc) is 3.85. The van der Waals surface area contributed by atoms with Crippen molar-refractivity contribution in [2.75, 3.05) is 4.90 Å². The standard InChI is InChI=1S/C58H39N3/c1-3-15-40(16-4-1)48-24-13-17-42-18-14-25-49(58(42)48)41-29-31-44(32-30-41)59(45-33-35-46(36-34-45)61-54-26-10-7-21-50(54)51-22-8-11-27-55(51)61)47-37-38-57-53(39-47)52-23-9-12-28-56(52)60(57)43-19-5-2-6-20-43/h1-39H. The first kappa shape index (κ1) is 34.9. The van der Waals surface area contributed by atoms with E-state index in [2.05, 4.69) is 251 Å². The largest absolute Gasteiger partial charge is 0.310 e. The van der Waals surface area contributed by atoms with Gasteiger partial charge in [-0.25, -0.2) is 0 Å². The van der Waals surface area contributed by atoms with Gasteiger partial charge in [0.2, 0.25) is 0 Å². The molecule has 0 amide bonds. The number of hydrogen-bond acceptors (Lipinski definition) is 1. The van der Waals surface area contributed by atoms with E-state index in [-0.39, 0.29) is 0 Å². The zero-order chi connectivity index (χ0) is 40.3. The van der Waals surface area contributed by atoms with Crippen LogP contribution in [0.2, 0.25) is 0 Å². The quantitative estimate of drug-likeness (QED) is 0.157. The molecule has 0 bridgehead atoms. The Balaban J connectivity index is 1.02. The minimum Gasteiger partial charge on any atom is -0.310 e. The number of rotatable bonds is 7. The molecule has 12 rings (SSSR count). The third kappa shape index (κ3) is 5.74. The molecule has 61 heavy (non-hydrogen) atoms. The molecule has 0 saturated carbocycles. The van der Waals surface area contributed by atoms with Crippen molar-refractivity contribution in [1.82, 2.24) is 9.13 Å². The molecule has 2 aromatic heterocycles. The summed E-state index contributed by atoms with van der Waals surface area (Å²) in [6.45, 7) is 0. The normalized spacial score (nSPS) is 11.6. The maximum atomic E-state index is 2.39. The summed E-state index contributed by atoms with van der Waals surface area (Å²) in [5, 5.41) is 7.45. The van der Waals surface area contributed by atoms with Gasteiger partial charge in [-0.2, -0.15) is 0 Å². The molecule has 0 aliphatic heterocycles. The Morgan fingerprint density at radius 1 is 0.279 bits per heavy atom. The highest BCUT2D eigenvalue weighted by atomic mass is 15.1. The summed E-state index contributed by atoms with van der Waals surface area (Å²) in [4.78, 5) is 2.39. The summed E-state index contributed by atoms with van der Waals surface area (Å²) in [6.07, 6.45) is 0. The SMILES string of the molecule is c1ccc(-c2cccc3cccc(-c4ccc(N(c5ccc(-n6c7ccccc7c7ccccc76)cc5)c5ccc6c(c5)c5ccccc5n6-c5ccccc5)cc4)c23)cc1. The van der Waals surface area contributed by atoms with E-state index >= 15 is 0 Å². The van der Waals surface area contributed by atoms with Gasteiger partial charge in [-0.3, -0.25) is 0 Å². The van der Waals surface area contributed by atoms with Gasteiger partial charge < -0.3 is 14.0 Å². The Labute approximate surface area is 354 Å². The summed E-state index contributed by atoms with van der Waals surface area (Å²) < 4.78 is 4.76. The number of fused-ring (bicyclic) bond motifs is 7. The second-order valence-electron chi connectivity index (χ2n) is 15.7. The molecule has 3 nitrogen and oxygen atoms in total. The first-order valence-corrected chi connectivity index (χ1v) is 20.9. The van der Waals surface area contributed by atoms with E-state index in [1.807, 2.05) is 0 Å². The van der Waals surface area contributed by atoms with E-state index in [9.17, 15) is 0 Å². The van der Waals surface area contributed by atoms with Crippen LogP contribution in [0.5, 0.6) is 0 Å². The Hall–Kier alpha value is -8.14. The van der Waals surface area contributed by atoms with Crippen molar-refractivity contribution in [3.63, 3.8) is 0 Å². The van der Waals surface area contributed by atoms with E-state index < -0.39 is 0 Å². The number of anilines is 3. The Bertz CT molecular complexity index is 3500. The Morgan fingerprint density at radius 2 is 0.705 bits per heavy atom. The van der Waals surface area contributed by atoms with Crippen molar-refractivity contribution in [3.8, 4) is 33.6 Å². The lowest BCUT2D eigenvalue weighted by molar-refractivity contribution is 1.17. The maximum absolute atomic E-state index is 2.39. The van der Waals surface area contributed by atoms with Gasteiger partial charge >= 0.3 is 0 Å². The van der Waals surface area contributed by atoms with Crippen molar-refractivity contribution in [3.05, 3.63) is 237 Å². The number of nitrogens with zero attached hydrogens (tertiary/aromatic N) is 3. The molecule has 0 atom stereocenters. The zero-order valence-corrected chi connectivity index (χ0v) is 33.4. The minimum atomic E-state index is 1.08. The molecule has 10 aromatic carbocycles. The topological polar surface area (TPSA) is 13.1 Å². The second kappa shape index (κ2) is 14.3. The zero-order valence-electron chi connectivity index (χ0n) is 33.4. The summed E-state index contributed by atoms with van der Waals surface area (Å²) >= 11 is 0. The molecule has 2 heterocycles. The fourth-order valence-electron chi connectivity index (χ4n) is 9.58. The number of aromatic nitrogens is 2. The van der Waals surface area contributed by atoms with Gasteiger partial charge in [-0.15, -0.1) is 0 Å². The molecule has 0 aliphatic rings. The fraction of sp³-hybridized carbons (Fsp3) is 0. The smallest absolute Gasteiger partial charge is 0.0542 e. The monoisotopic (exact) mass is 777 g/mol. The molecule has 0 saturated heterocycles. The predicted molar refractivity (Wildman–Crippen MR) is 258 cm³/mol. The fourth-order valence-corrected chi connectivity index (χ4v) is 9.58. The molecule has 0 spiro atoms. The van der Waals surface area contributed by atoms with Crippen LogP contribution >= 0.6 is 0 Å². The van der Waals surface area contributed by atoms with Crippen molar-refractivity contribution in [2.24, 2.45) is 0 Å². The van der Waals surface area contributed by atoms with Crippen LogP contribution in [-0.4, -0.2) is 9.13 Å².